The van der Waals surface area contributed by atoms with Crippen LogP contribution < -0.4 is 10.1 Å². The van der Waals surface area contributed by atoms with Crippen molar-refractivity contribution in [1.29, 1.82) is 0 Å². The molecular weight excluding hydrogens is 433 g/mol. The standard InChI is InChI=1S/C24H25F3N4O2/c1-15(2)14-33-23-29-21(16-6-8-18(9-7-16)24(25,26)27)31(30-23)20-12-10-19(11-13-20)28-22(32)17-4-3-5-17/h6-13,15,17H,3-5,14H2,1-2H3,(H,28,32). The van der Waals surface area contributed by atoms with E-state index in [1.54, 1.807) is 24.3 Å². The fraction of sp³-hybridized carbons (Fsp3) is 0.375. The second-order valence-corrected chi connectivity index (χ2v) is 8.57. The summed E-state index contributed by atoms with van der Waals surface area (Å²) in [5.41, 5.74) is 1.04. The summed E-state index contributed by atoms with van der Waals surface area (Å²) in [7, 11) is 0. The number of alkyl halides is 3. The number of hydrogen-bond acceptors (Lipinski definition) is 4. The van der Waals surface area contributed by atoms with E-state index in [9.17, 15) is 18.0 Å². The van der Waals surface area contributed by atoms with Gasteiger partial charge in [0.15, 0.2) is 5.82 Å². The molecule has 0 radical (unpaired) electrons. The molecule has 6 nitrogen and oxygen atoms in total. The van der Waals surface area contributed by atoms with Crippen molar-refractivity contribution in [2.75, 3.05) is 11.9 Å². The first-order valence-electron chi connectivity index (χ1n) is 10.9. The Morgan fingerprint density at radius 3 is 2.33 bits per heavy atom. The molecule has 1 aliphatic rings. The number of anilines is 1. The molecule has 1 N–H and O–H groups in total. The fourth-order valence-corrected chi connectivity index (χ4v) is 3.37. The molecule has 0 aliphatic heterocycles. The van der Waals surface area contributed by atoms with Crippen molar-refractivity contribution in [3.05, 3.63) is 54.1 Å². The normalized spacial score (nSPS) is 14.2. The summed E-state index contributed by atoms with van der Waals surface area (Å²) in [6, 6.07) is 12.0. The number of carbonyl (C=O) groups excluding carboxylic acids is 1. The predicted octanol–water partition coefficient (Wildman–Crippen LogP) is 5.73. The van der Waals surface area contributed by atoms with Crippen molar-refractivity contribution in [2.45, 2.75) is 39.3 Å². The van der Waals surface area contributed by atoms with Crippen LogP contribution in [-0.2, 0) is 11.0 Å². The smallest absolute Gasteiger partial charge is 0.416 e. The molecular formula is C24H25F3N4O2. The van der Waals surface area contributed by atoms with Gasteiger partial charge in [0.2, 0.25) is 5.91 Å². The van der Waals surface area contributed by atoms with E-state index in [0.717, 1.165) is 31.4 Å². The first-order chi connectivity index (χ1) is 15.7. The van der Waals surface area contributed by atoms with E-state index in [1.165, 1.54) is 16.8 Å². The molecule has 0 unspecified atom stereocenters. The summed E-state index contributed by atoms with van der Waals surface area (Å²) >= 11 is 0. The third-order valence-electron chi connectivity index (χ3n) is 5.46. The maximum Gasteiger partial charge on any atom is 0.416 e. The van der Waals surface area contributed by atoms with E-state index >= 15 is 0 Å². The average Bonchev–Trinajstić information content (AvgIpc) is 3.15. The van der Waals surface area contributed by atoms with Crippen LogP contribution in [0.25, 0.3) is 17.1 Å². The summed E-state index contributed by atoms with van der Waals surface area (Å²) in [6.07, 6.45) is -1.51. The van der Waals surface area contributed by atoms with Crippen LogP contribution in [0.15, 0.2) is 48.5 Å². The minimum absolute atomic E-state index is 0.0181. The van der Waals surface area contributed by atoms with Gasteiger partial charge in [-0.15, -0.1) is 5.10 Å². The number of carbonyl (C=O) groups is 1. The summed E-state index contributed by atoms with van der Waals surface area (Å²) in [5.74, 6) is 0.704. The lowest BCUT2D eigenvalue weighted by molar-refractivity contribution is -0.137. The van der Waals surface area contributed by atoms with Gasteiger partial charge in [0.05, 0.1) is 17.9 Å². The number of benzene rings is 2. The number of halogens is 3. The van der Waals surface area contributed by atoms with E-state index in [-0.39, 0.29) is 23.8 Å². The quantitative estimate of drug-likeness (QED) is 0.491. The van der Waals surface area contributed by atoms with Crippen LogP contribution in [0.4, 0.5) is 18.9 Å². The molecule has 0 spiro atoms. The van der Waals surface area contributed by atoms with Crippen LogP contribution >= 0.6 is 0 Å². The van der Waals surface area contributed by atoms with Gasteiger partial charge in [0.1, 0.15) is 0 Å². The van der Waals surface area contributed by atoms with Crippen LogP contribution in [0.5, 0.6) is 6.01 Å². The van der Waals surface area contributed by atoms with E-state index in [1.807, 2.05) is 13.8 Å². The first-order valence-corrected chi connectivity index (χ1v) is 10.9. The van der Waals surface area contributed by atoms with Crippen molar-refractivity contribution >= 4 is 11.6 Å². The highest BCUT2D eigenvalue weighted by Crippen LogP contribution is 2.32. The third kappa shape index (κ3) is 5.35. The number of ether oxygens (including phenoxy) is 1. The molecule has 3 aromatic rings. The minimum Gasteiger partial charge on any atom is -0.462 e. The second-order valence-electron chi connectivity index (χ2n) is 8.57. The number of amides is 1. The lowest BCUT2D eigenvalue weighted by Gasteiger charge is -2.24. The SMILES string of the molecule is CC(C)COc1nc(-c2ccc(C(F)(F)F)cc2)n(-c2ccc(NC(=O)C3CCC3)cc2)n1. The minimum atomic E-state index is -4.42. The van der Waals surface area contributed by atoms with Gasteiger partial charge in [-0.1, -0.05) is 32.4 Å². The molecule has 0 saturated heterocycles. The van der Waals surface area contributed by atoms with Gasteiger partial charge in [-0.2, -0.15) is 18.2 Å². The summed E-state index contributed by atoms with van der Waals surface area (Å²) in [6.45, 7) is 4.39. The first kappa shape index (κ1) is 22.8. The van der Waals surface area contributed by atoms with Crippen LogP contribution in [0.1, 0.15) is 38.7 Å². The Bertz CT molecular complexity index is 1100. The van der Waals surface area contributed by atoms with Crippen LogP contribution in [0, 0.1) is 11.8 Å². The van der Waals surface area contributed by atoms with Crippen LogP contribution in [0.2, 0.25) is 0 Å². The van der Waals surface area contributed by atoms with Gasteiger partial charge in [-0.25, -0.2) is 4.68 Å². The topological polar surface area (TPSA) is 69.0 Å². The lowest BCUT2D eigenvalue weighted by Crippen LogP contribution is -2.27. The molecule has 0 bridgehead atoms. The van der Waals surface area contributed by atoms with E-state index in [4.69, 9.17) is 4.74 Å². The van der Waals surface area contributed by atoms with Gasteiger partial charge in [-0.05, 0) is 55.2 Å². The Morgan fingerprint density at radius 1 is 1.12 bits per heavy atom. The highest BCUT2D eigenvalue weighted by atomic mass is 19.4. The van der Waals surface area contributed by atoms with E-state index < -0.39 is 11.7 Å². The van der Waals surface area contributed by atoms with Gasteiger partial charge in [0.25, 0.3) is 0 Å². The Balaban J connectivity index is 1.62. The zero-order chi connectivity index (χ0) is 23.6. The second kappa shape index (κ2) is 9.25. The number of nitrogens with zero attached hydrogens (tertiary/aromatic N) is 3. The molecule has 0 atom stereocenters. The van der Waals surface area contributed by atoms with Crippen LogP contribution in [0.3, 0.4) is 0 Å². The Kier molecular flexibility index (Phi) is 6.40. The number of nitrogens with one attached hydrogen (secondary N) is 1. The highest BCUT2D eigenvalue weighted by molar-refractivity contribution is 5.93. The van der Waals surface area contributed by atoms with Crippen molar-refractivity contribution in [1.82, 2.24) is 14.8 Å². The van der Waals surface area contributed by atoms with Gasteiger partial charge in [0, 0.05) is 17.2 Å². The molecule has 174 valence electrons. The predicted molar refractivity (Wildman–Crippen MR) is 118 cm³/mol. The maximum absolute atomic E-state index is 13.0. The molecule has 33 heavy (non-hydrogen) atoms. The number of hydrogen-bond donors (Lipinski definition) is 1. The van der Waals surface area contributed by atoms with Gasteiger partial charge >= 0.3 is 12.2 Å². The summed E-state index contributed by atoms with van der Waals surface area (Å²) < 4.78 is 46.1. The molecule has 9 heteroatoms. The molecule has 1 amide bonds. The van der Waals surface area contributed by atoms with Crippen molar-refractivity contribution in [2.24, 2.45) is 11.8 Å². The van der Waals surface area contributed by atoms with Gasteiger partial charge < -0.3 is 10.1 Å². The molecule has 1 fully saturated rings. The van der Waals surface area contributed by atoms with Crippen molar-refractivity contribution in [3.63, 3.8) is 0 Å². The summed E-state index contributed by atoms with van der Waals surface area (Å²) in [4.78, 5) is 16.6. The van der Waals surface area contributed by atoms with Crippen molar-refractivity contribution < 1.29 is 22.7 Å². The average molecular weight is 458 g/mol. The zero-order valence-corrected chi connectivity index (χ0v) is 18.4. The molecule has 4 rings (SSSR count). The molecule has 1 heterocycles. The molecule has 2 aromatic carbocycles. The largest absolute Gasteiger partial charge is 0.462 e. The number of aromatic nitrogens is 3. The summed E-state index contributed by atoms with van der Waals surface area (Å²) in [5, 5.41) is 7.33. The highest BCUT2D eigenvalue weighted by Gasteiger charge is 2.30. The monoisotopic (exact) mass is 458 g/mol. The van der Waals surface area contributed by atoms with E-state index in [2.05, 4.69) is 15.4 Å². The third-order valence-corrected chi connectivity index (χ3v) is 5.46. The maximum atomic E-state index is 13.0. The molecule has 1 saturated carbocycles. The Hall–Kier alpha value is -3.36. The van der Waals surface area contributed by atoms with E-state index in [0.29, 0.717) is 29.4 Å². The molecule has 1 aromatic heterocycles. The number of rotatable bonds is 7. The zero-order valence-electron chi connectivity index (χ0n) is 18.4. The Labute approximate surface area is 189 Å². The van der Waals surface area contributed by atoms with Gasteiger partial charge in [-0.3, -0.25) is 4.79 Å². The lowest BCUT2D eigenvalue weighted by atomic mass is 9.85. The Morgan fingerprint density at radius 2 is 1.79 bits per heavy atom. The van der Waals surface area contributed by atoms with Crippen molar-refractivity contribution in [3.8, 4) is 23.1 Å². The van der Waals surface area contributed by atoms with Crippen LogP contribution in [-0.4, -0.2) is 27.3 Å². The fourth-order valence-electron chi connectivity index (χ4n) is 3.37. The molecule has 1 aliphatic carbocycles.